The van der Waals surface area contributed by atoms with Crippen LogP contribution in [-0.4, -0.2) is 22.1 Å². The lowest BCUT2D eigenvalue weighted by molar-refractivity contribution is -0.137. The lowest BCUT2D eigenvalue weighted by atomic mass is 9.66. The Morgan fingerprint density at radius 2 is 1.94 bits per heavy atom. The summed E-state index contributed by atoms with van der Waals surface area (Å²) in [5, 5.41) is 16.4. The fraction of sp³-hybridized carbons (Fsp3) is 0.607. The molecule has 2 aromatic rings. The van der Waals surface area contributed by atoms with Crippen LogP contribution in [0.2, 0.25) is 0 Å². The zero-order valence-electron chi connectivity index (χ0n) is 21.2. The number of carbonyl (C=O) groups excluding carboxylic acids is 1. The molecule has 4 rings (SSSR count). The van der Waals surface area contributed by atoms with Gasteiger partial charge in [0.05, 0.1) is 11.4 Å². The molecule has 7 heteroatoms. The first-order valence-electron chi connectivity index (χ1n) is 12.8. The lowest BCUT2D eigenvalue weighted by Gasteiger charge is -2.38. The van der Waals surface area contributed by atoms with Gasteiger partial charge in [0, 0.05) is 30.2 Å². The van der Waals surface area contributed by atoms with Crippen molar-refractivity contribution in [3.05, 3.63) is 46.6 Å². The maximum absolute atomic E-state index is 14.3. The second kappa shape index (κ2) is 10.1. The number of carboxylic acids is 1. The molecular formula is C28H37FN2O4. The number of hydrogen-bond acceptors (Lipinski definition) is 4. The molecule has 0 radical (unpaired) electrons. The van der Waals surface area contributed by atoms with E-state index >= 15 is 0 Å². The minimum atomic E-state index is -0.916. The summed E-state index contributed by atoms with van der Waals surface area (Å²) < 4.78 is 20.2. The fourth-order valence-electron chi connectivity index (χ4n) is 5.46. The Labute approximate surface area is 206 Å². The van der Waals surface area contributed by atoms with Crippen LogP contribution < -0.4 is 5.32 Å². The maximum atomic E-state index is 14.3. The number of anilines is 1. The number of aryl methyl sites for hydroxylation is 1. The molecule has 0 spiro atoms. The van der Waals surface area contributed by atoms with E-state index in [0.717, 1.165) is 48.3 Å². The standard InChI is InChI=1S/C28H37FN2O4/c1-16-5-9-22(21(29)11-16)30-23(32)14-19(8-10-24(33)34)26-25(18-6-7-18)27(35-31-26)20-12-17(13-20)15-28(2,3)4/h5,9,11,17-20H,6-8,10,12-15H2,1-4H3,(H,30,32)(H,33,34)/t17-,19-,20+/m1/s1. The number of hydrogen-bond donors (Lipinski definition) is 2. The van der Waals surface area contributed by atoms with Crippen LogP contribution in [0.4, 0.5) is 10.1 Å². The van der Waals surface area contributed by atoms with Gasteiger partial charge in [0.25, 0.3) is 0 Å². The van der Waals surface area contributed by atoms with Crippen LogP contribution in [0.5, 0.6) is 0 Å². The Kier molecular flexibility index (Phi) is 7.34. The first-order valence-corrected chi connectivity index (χ1v) is 12.8. The number of benzene rings is 1. The molecule has 0 bridgehead atoms. The smallest absolute Gasteiger partial charge is 0.303 e. The van der Waals surface area contributed by atoms with E-state index in [4.69, 9.17) is 4.52 Å². The molecule has 1 heterocycles. The van der Waals surface area contributed by atoms with E-state index in [9.17, 15) is 19.1 Å². The Morgan fingerprint density at radius 3 is 2.54 bits per heavy atom. The van der Waals surface area contributed by atoms with Crippen LogP contribution in [0.3, 0.4) is 0 Å². The third kappa shape index (κ3) is 6.50. The molecule has 2 fully saturated rings. The van der Waals surface area contributed by atoms with E-state index < -0.39 is 17.7 Å². The number of carbonyl (C=O) groups is 2. The Bertz CT molecular complexity index is 1080. The predicted molar refractivity (Wildman–Crippen MR) is 132 cm³/mol. The van der Waals surface area contributed by atoms with Gasteiger partial charge < -0.3 is 14.9 Å². The predicted octanol–water partition coefficient (Wildman–Crippen LogP) is 6.91. The number of nitrogens with zero attached hydrogens (tertiary/aromatic N) is 1. The summed E-state index contributed by atoms with van der Waals surface area (Å²) in [6.45, 7) is 8.58. The van der Waals surface area contributed by atoms with Gasteiger partial charge in [-0.2, -0.15) is 0 Å². The molecule has 2 aliphatic carbocycles. The zero-order valence-corrected chi connectivity index (χ0v) is 21.2. The van der Waals surface area contributed by atoms with Gasteiger partial charge in [0.15, 0.2) is 0 Å². The largest absolute Gasteiger partial charge is 0.481 e. The number of nitrogens with one attached hydrogen (secondary N) is 1. The number of halogens is 1. The molecule has 1 aromatic carbocycles. The highest BCUT2D eigenvalue weighted by Crippen LogP contribution is 2.53. The highest BCUT2D eigenvalue weighted by Gasteiger charge is 2.42. The molecule has 1 aromatic heterocycles. The number of rotatable bonds is 10. The number of amides is 1. The van der Waals surface area contributed by atoms with Gasteiger partial charge in [-0.15, -0.1) is 0 Å². The summed E-state index contributed by atoms with van der Waals surface area (Å²) in [4.78, 5) is 24.2. The highest BCUT2D eigenvalue weighted by molar-refractivity contribution is 5.91. The summed E-state index contributed by atoms with van der Waals surface area (Å²) >= 11 is 0. The number of carboxylic acid groups (broad SMARTS) is 1. The summed E-state index contributed by atoms with van der Waals surface area (Å²) in [6.07, 6.45) is 5.71. The van der Waals surface area contributed by atoms with E-state index in [-0.39, 0.29) is 30.9 Å². The van der Waals surface area contributed by atoms with Crippen molar-refractivity contribution in [2.24, 2.45) is 11.3 Å². The maximum Gasteiger partial charge on any atom is 0.303 e. The first-order chi connectivity index (χ1) is 16.5. The molecule has 1 amide bonds. The number of aromatic nitrogens is 1. The van der Waals surface area contributed by atoms with Crippen molar-refractivity contribution < 1.29 is 23.6 Å². The lowest BCUT2D eigenvalue weighted by Crippen LogP contribution is -2.26. The third-order valence-corrected chi connectivity index (χ3v) is 7.20. The van der Waals surface area contributed by atoms with Gasteiger partial charge in [0.2, 0.25) is 5.91 Å². The van der Waals surface area contributed by atoms with Gasteiger partial charge >= 0.3 is 5.97 Å². The van der Waals surface area contributed by atoms with Gasteiger partial charge in [-0.3, -0.25) is 9.59 Å². The zero-order chi connectivity index (χ0) is 25.3. The molecule has 1 atom stereocenters. The summed E-state index contributed by atoms with van der Waals surface area (Å²) in [5.74, 6) is 0.184. The van der Waals surface area contributed by atoms with Gasteiger partial charge in [0.1, 0.15) is 11.6 Å². The molecule has 35 heavy (non-hydrogen) atoms. The Morgan fingerprint density at radius 1 is 1.23 bits per heavy atom. The minimum Gasteiger partial charge on any atom is -0.481 e. The summed E-state index contributed by atoms with van der Waals surface area (Å²) in [7, 11) is 0. The van der Waals surface area contributed by atoms with Gasteiger partial charge in [-0.1, -0.05) is 32.0 Å². The van der Waals surface area contributed by atoms with Gasteiger partial charge in [-0.05, 0) is 80.4 Å². The monoisotopic (exact) mass is 484 g/mol. The first kappa shape index (κ1) is 25.4. The SMILES string of the molecule is Cc1ccc(NC(=O)C[C@@H](CCC(=O)O)c2noc([C@H]3C[C@@H](CC(C)(C)C)C3)c2C2CC2)c(F)c1. The second-order valence-electron chi connectivity index (χ2n) is 11.8. The Balaban J connectivity index is 1.51. The minimum absolute atomic E-state index is 0.0314. The fourth-order valence-corrected chi connectivity index (χ4v) is 5.46. The van der Waals surface area contributed by atoms with Crippen LogP contribution in [0, 0.1) is 24.1 Å². The van der Waals surface area contributed by atoms with Crippen LogP contribution in [0.25, 0.3) is 0 Å². The number of aliphatic carboxylic acids is 1. The molecule has 2 N–H and O–H groups in total. The third-order valence-electron chi connectivity index (χ3n) is 7.20. The van der Waals surface area contributed by atoms with E-state index in [1.807, 2.05) is 0 Å². The molecule has 0 saturated heterocycles. The average molecular weight is 485 g/mol. The summed E-state index contributed by atoms with van der Waals surface area (Å²) in [5.41, 5.74) is 3.02. The van der Waals surface area contributed by atoms with Crippen molar-refractivity contribution in [3.63, 3.8) is 0 Å². The van der Waals surface area contributed by atoms with Crippen LogP contribution in [0.1, 0.15) is 112 Å². The van der Waals surface area contributed by atoms with Crippen LogP contribution in [-0.2, 0) is 9.59 Å². The molecule has 6 nitrogen and oxygen atoms in total. The molecule has 0 aliphatic heterocycles. The molecule has 190 valence electrons. The topological polar surface area (TPSA) is 92.4 Å². The normalized spacial score (nSPS) is 20.8. The quantitative estimate of drug-likeness (QED) is 0.382. The molecule has 2 saturated carbocycles. The summed E-state index contributed by atoms with van der Waals surface area (Å²) in [6, 6.07) is 4.66. The van der Waals surface area contributed by atoms with Crippen molar-refractivity contribution >= 4 is 17.6 Å². The van der Waals surface area contributed by atoms with Crippen molar-refractivity contribution in [2.45, 2.75) is 96.8 Å². The molecule has 2 aliphatic rings. The second-order valence-corrected chi connectivity index (χ2v) is 11.8. The van der Waals surface area contributed by atoms with E-state index in [1.165, 1.54) is 12.5 Å². The van der Waals surface area contributed by atoms with Crippen molar-refractivity contribution in [1.29, 1.82) is 0 Å². The highest BCUT2D eigenvalue weighted by atomic mass is 19.1. The molecule has 0 unspecified atom stereocenters. The van der Waals surface area contributed by atoms with Gasteiger partial charge in [-0.25, -0.2) is 4.39 Å². The van der Waals surface area contributed by atoms with Crippen molar-refractivity contribution in [1.82, 2.24) is 5.16 Å². The van der Waals surface area contributed by atoms with Crippen LogP contribution >= 0.6 is 0 Å². The van der Waals surface area contributed by atoms with E-state index in [1.54, 1.807) is 19.1 Å². The van der Waals surface area contributed by atoms with E-state index in [0.29, 0.717) is 23.2 Å². The van der Waals surface area contributed by atoms with Crippen LogP contribution in [0.15, 0.2) is 22.7 Å². The average Bonchev–Trinajstić information content (AvgIpc) is 3.47. The molecular weight excluding hydrogens is 447 g/mol. The van der Waals surface area contributed by atoms with E-state index in [2.05, 4.69) is 31.2 Å². The van der Waals surface area contributed by atoms with Crippen molar-refractivity contribution in [3.8, 4) is 0 Å². The Hall–Kier alpha value is -2.70. The van der Waals surface area contributed by atoms with Crippen molar-refractivity contribution in [2.75, 3.05) is 5.32 Å².